The van der Waals surface area contributed by atoms with Crippen molar-refractivity contribution in [3.05, 3.63) is 138 Å². The number of para-hydroxylation sites is 1. The molecule has 0 radical (unpaired) electrons. The molecule has 4 rings (SSSR count). The van der Waals surface area contributed by atoms with E-state index in [-0.39, 0.29) is 17.7 Å². The van der Waals surface area contributed by atoms with E-state index in [2.05, 4.69) is 29.6 Å². The molecule has 0 saturated carbocycles. The molecule has 194 valence electrons. The van der Waals surface area contributed by atoms with Crippen LogP contribution in [0.2, 0.25) is 0 Å². The van der Waals surface area contributed by atoms with Crippen LogP contribution in [0.3, 0.4) is 0 Å². The standard InChI is InChI=1S/C33H33NO4/c1-25(35)37-38-32-22-12-11-18-28(32)21-13-23-34-31(33(36)29-19-9-4-10-20-29)24-30(26-14-5-2-6-15-26)27-16-7-3-8-17-27/h2-12,14-20,22,30-31,34H,13,21,23-24H2,1H3. The Balaban J connectivity index is 1.50. The van der Waals surface area contributed by atoms with Gasteiger partial charge < -0.3 is 5.32 Å². The molecule has 4 aromatic rings. The van der Waals surface area contributed by atoms with Gasteiger partial charge in [-0.25, -0.2) is 4.79 Å². The monoisotopic (exact) mass is 507 g/mol. The van der Waals surface area contributed by atoms with E-state index in [1.54, 1.807) is 6.07 Å². The van der Waals surface area contributed by atoms with Crippen LogP contribution in [0.15, 0.2) is 115 Å². The molecule has 0 heterocycles. The highest BCUT2D eigenvalue weighted by Crippen LogP contribution is 2.30. The molecule has 0 amide bonds. The highest BCUT2D eigenvalue weighted by molar-refractivity contribution is 6.00. The number of ketones is 1. The second-order valence-electron chi connectivity index (χ2n) is 9.22. The second kappa shape index (κ2) is 13.9. The van der Waals surface area contributed by atoms with Gasteiger partial charge in [0.2, 0.25) is 0 Å². The maximum absolute atomic E-state index is 13.7. The number of benzene rings is 4. The summed E-state index contributed by atoms with van der Waals surface area (Å²) in [6.45, 7) is 1.94. The fraction of sp³-hybridized carbons (Fsp3) is 0.212. The van der Waals surface area contributed by atoms with Crippen molar-refractivity contribution in [3.63, 3.8) is 0 Å². The first-order chi connectivity index (χ1) is 18.6. The lowest BCUT2D eigenvalue weighted by molar-refractivity contribution is -0.211. The van der Waals surface area contributed by atoms with Gasteiger partial charge in [0.1, 0.15) is 0 Å². The van der Waals surface area contributed by atoms with Crippen molar-refractivity contribution in [3.8, 4) is 5.75 Å². The third-order valence-corrected chi connectivity index (χ3v) is 6.49. The predicted molar refractivity (Wildman–Crippen MR) is 149 cm³/mol. The van der Waals surface area contributed by atoms with Crippen LogP contribution in [0.25, 0.3) is 0 Å². The minimum atomic E-state index is -0.505. The highest BCUT2D eigenvalue weighted by Gasteiger charge is 2.25. The fourth-order valence-electron chi connectivity index (χ4n) is 4.61. The Morgan fingerprint density at radius 3 is 1.89 bits per heavy atom. The van der Waals surface area contributed by atoms with E-state index in [1.165, 1.54) is 18.1 Å². The van der Waals surface area contributed by atoms with Gasteiger partial charge in [0.25, 0.3) is 0 Å². The number of Topliss-reactive ketones (excluding diaryl/α,β-unsaturated/α-hetero) is 1. The zero-order valence-corrected chi connectivity index (χ0v) is 21.6. The number of rotatable bonds is 13. The van der Waals surface area contributed by atoms with E-state index in [1.807, 2.05) is 84.9 Å². The van der Waals surface area contributed by atoms with E-state index in [4.69, 9.17) is 9.78 Å². The highest BCUT2D eigenvalue weighted by atomic mass is 17.2. The minimum Gasteiger partial charge on any atom is -0.307 e. The Kier molecular flexibility index (Phi) is 9.82. The molecule has 0 aromatic heterocycles. The molecule has 0 spiro atoms. The summed E-state index contributed by atoms with van der Waals surface area (Å²) in [5.41, 5.74) is 4.00. The SMILES string of the molecule is CC(=O)OOc1ccccc1CCCNC(CC(c1ccccc1)c1ccccc1)C(=O)c1ccccc1. The predicted octanol–water partition coefficient (Wildman–Crippen LogP) is 6.54. The Morgan fingerprint density at radius 1 is 0.737 bits per heavy atom. The lowest BCUT2D eigenvalue weighted by Gasteiger charge is -2.25. The van der Waals surface area contributed by atoms with Gasteiger partial charge in [-0.15, -0.1) is 0 Å². The molecule has 1 unspecified atom stereocenters. The summed E-state index contributed by atoms with van der Waals surface area (Å²) in [7, 11) is 0. The summed E-state index contributed by atoms with van der Waals surface area (Å²) >= 11 is 0. The Labute approximate surface area is 224 Å². The molecule has 0 saturated heterocycles. The smallest absolute Gasteiger partial charge is 0.307 e. The van der Waals surface area contributed by atoms with Gasteiger partial charge >= 0.3 is 5.97 Å². The summed E-state index contributed by atoms with van der Waals surface area (Å²) in [6, 6.07) is 37.3. The molecular weight excluding hydrogens is 474 g/mol. The third kappa shape index (κ3) is 7.64. The molecular formula is C33H33NO4. The van der Waals surface area contributed by atoms with Crippen molar-refractivity contribution in [2.45, 2.75) is 38.1 Å². The number of nitrogens with one attached hydrogen (secondary N) is 1. The average Bonchev–Trinajstić information content (AvgIpc) is 2.97. The Bertz CT molecular complexity index is 1250. The first kappa shape index (κ1) is 26.8. The quantitative estimate of drug-likeness (QED) is 0.0963. The van der Waals surface area contributed by atoms with E-state index in [0.29, 0.717) is 30.7 Å². The molecule has 0 aliphatic heterocycles. The van der Waals surface area contributed by atoms with Crippen LogP contribution in [0.1, 0.15) is 52.7 Å². The molecule has 0 fully saturated rings. The van der Waals surface area contributed by atoms with Crippen molar-refractivity contribution in [1.29, 1.82) is 0 Å². The van der Waals surface area contributed by atoms with E-state index < -0.39 is 5.97 Å². The van der Waals surface area contributed by atoms with Crippen LogP contribution in [-0.2, 0) is 16.1 Å². The van der Waals surface area contributed by atoms with Gasteiger partial charge in [-0.1, -0.05) is 109 Å². The number of hydrogen-bond donors (Lipinski definition) is 1. The van der Waals surface area contributed by atoms with Gasteiger partial charge in [-0.3, -0.25) is 14.6 Å². The average molecular weight is 508 g/mol. The number of carbonyl (C=O) groups is 2. The first-order valence-corrected chi connectivity index (χ1v) is 13.0. The number of carbonyl (C=O) groups excluding carboxylic acids is 2. The Morgan fingerprint density at radius 2 is 1.29 bits per heavy atom. The minimum absolute atomic E-state index is 0.0698. The number of aryl methyl sites for hydroxylation is 1. The largest absolute Gasteiger partial charge is 0.352 e. The van der Waals surface area contributed by atoms with Crippen LogP contribution >= 0.6 is 0 Å². The normalized spacial score (nSPS) is 11.6. The summed E-state index contributed by atoms with van der Waals surface area (Å²) < 4.78 is 0. The lowest BCUT2D eigenvalue weighted by Crippen LogP contribution is -2.39. The van der Waals surface area contributed by atoms with Crippen LogP contribution < -0.4 is 10.2 Å². The molecule has 0 bridgehead atoms. The van der Waals surface area contributed by atoms with E-state index in [9.17, 15) is 9.59 Å². The van der Waals surface area contributed by atoms with Crippen LogP contribution in [0, 0.1) is 0 Å². The van der Waals surface area contributed by atoms with Crippen molar-refractivity contribution in [2.75, 3.05) is 6.54 Å². The summed E-state index contributed by atoms with van der Waals surface area (Å²) in [5.74, 6) is 0.171. The van der Waals surface area contributed by atoms with Gasteiger partial charge in [-0.05, 0) is 48.6 Å². The fourth-order valence-corrected chi connectivity index (χ4v) is 4.61. The van der Waals surface area contributed by atoms with Crippen LogP contribution in [0.4, 0.5) is 0 Å². The maximum atomic E-state index is 13.7. The van der Waals surface area contributed by atoms with Gasteiger partial charge in [-0.2, -0.15) is 0 Å². The molecule has 5 nitrogen and oxygen atoms in total. The van der Waals surface area contributed by atoms with Crippen molar-refractivity contribution >= 4 is 11.8 Å². The topological polar surface area (TPSA) is 64.6 Å². The summed E-state index contributed by atoms with van der Waals surface area (Å²) in [6.07, 6.45) is 2.12. The van der Waals surface area contributed by atoms with Crippen molar-refractivity contribution in [2.24, 2.45) is 0 Å². The van der Waals surface area contributed by atoms with Gasteiger partial charge in [0.05, 0.1) is 6.04 Å². The zero-order chi connectivity index (χ0) is 26.6. The van der Waals surface area contributed by atoms with Crippen molar-refractivity contribution in [1.82, 2.24) is 5.32 Å². The first-order valence-electron chi connectivity index (χ1n) is 13.0. The van der Waals surface area contributed by atoms with Gasteiger partial charge in [0.15, 0.2) is 11.5 Å². The van der Waals surface area contributed by atoms with Crippen LogP contribution in [0.5, 0.6) is 5.75 Å². The second-order valence-corrected chi connectivity index (χ2v) is 9.22. The third-order valence-electron chi connectivity index (χ3n) is 6.49. The maximum Gasteiger partial charge on any atom is 0.352 e. The molecule has 1 N–H and O–H groups in total. The van der Waals surface area contributed by atoms with Crippen molar-refractivity contribution < 1.29 is 19.4 Å². The van der Waals surface area contributed by atoms with Crippen LogP contribution in [-0.4, -0.2) is 24.3 Å². The van der Waals surface area contributed by atoms with E-state index in [0.717, 1.165) is 12.0 Å². The molecule has 0 aliphatic rings. The molecule has 5 heteroatoms. The zero-order valence-electron chi connectivity index (χ0n) is 21.6. The summed E-state index contributed by atoms with van der Waals surface area (Å²) in [4.78, 5) is 34.7. The molecule has 4 aromatic carbocycles. The molecule has 1 atom stereocenters. The number of hydrogen-bond acceptors (Lipinski definition) is 5. The summed E-state index contributed by atoms with van der Waals surface area (Å²) in [5, 5.41) is 3.55. The van der Waals surface area contributed by atoms with Gasteiger partial charge in [0, 0.05) is 18.4 Å². The van der Waals surface area contributed by atoms with E-state index >= 15 is 0 Å². The lowest BCUT2D eigenvalue weighted by atomic mass is 9.84. The molecule has 0 aliphatic carbocycles. The Hall–Kier alpha value is -4.22. The molecule has 38 heavy (non-hydrogen) atoms.